The highest BCUT2D eigenvalue weighted by molar-refractivity contribution is 9.10. The van der Waals surface area contributed by atoms with Crippen LogP contribution in [-0.4, -0.2) is 9.38 Å². The number of anilines is 1. The number of rotatable bonds is 1. The summed E-state index contributed by atoms with van der Waals surface area (Å²) in [6.07, 6.45) is 1.93. The fourth-order valence-corrected chi connectivity index (χ4v) is 2.85. The van der Waals surface area contributed by atoms with Crippen LogP contribution in [0, 0.1) is 6.92 Å². The van der Waals surface area contributed by atoms with Crippen molar-refractivity contribution in [3.63, 3.8) is 0 Å². The average molecular weight is 416 g/mol. The molecule has 0 bridgehead atoms. The van der Waals surface area contributed by atoms with Gasteiger partial charge in [-0.2, -0.15) is 0 Å². The molecule has 3 rings (SSSR count). The fourth-order valence-electron chi connectivity index (χ4n) is 2.03. The second kappa shape index (κ2) is 5.06. The number of halogens is 3. The van der Waals surface area contributed by atoms with E-state index < -0.39 is 0 Å². The van der Waals surface area contributed by atoms with Gasteiger partial charge in [0, 0.05) is 20.7 Å². The van der Waals surface area contributed by atoms with E-state index in [0.717, 1.165) is 31.4 Å². The highest BCUT2D eigenvalue weighted by Crippen LogP contribution is 2.32. The van der Waals surface area contributed by atoms with Crippen LogP contribution in [0.4, 0.5) is 5.82 Å². The number of hydrogen-bond acceptors (Lipinski definition) is 2. The number of nitrogens with zero attached hydrogens (tertiary/aromatic N) is 2. The molecule has 0 aliphatic carbocycles. The summed E-state index contributed by atoms with van der Waals surface area (Å²) in [5.74, 6) is 0.606. The van der Waals surface area contributed by atoms with Gasteiger partial charge in [-0.25, -0.2) is 4.98 Å². The Kier molecular flexibility index (Phi) is 3.52. The molecule has 0 atom stereocenters. The lowest BCUT2D eigenvalue weighted by Crippen LogP contribution is -1.95. The highest BCUT2D eigenvalue weighted by atomic mass is 79.9. The third-order valence-corrected chi connectivity index (χ3v) is 5.18. The monoisotopic (exact) mass is 413 g/mol. The summed E-state index contributed by atoms with van der Waals surface area (Å²) in [4.78, 5) is 4.61. The van der Waals surface area contributed by atoms with Crippen molar-refractivity contribution in [2.45, 2.75) is 6.92 Å². The molecule has 1 aromatic carbocycles. The molecule has 2 heterocycles. The first-order valence-corrected chi connectivity index (χ1v) is 7.83. The Morgan fingerprint density at radius 1 is 1.20 bits per heavy atom. The van der Waals surface area contributed by atoms with Gasteiger partial charge in [0.2, 0.25) is 0 Å². The summed E-state index contributed by atoms with van der Waals surface area (Å²) in [6, 6.07) is 7.65. The molecular weight excluding hydrogens is 405 g/mol. The summed E-state index contributed by atoms with van der Waals surface area (Å²) in [5, 5.41) is 0.662. The summed E-state index contributed by atoms with van der Waals surface area (Å²) in [5.41, 5.74) is 9.83. The molecule has 20 heavy (non-hydrogen) atoms. The Labute approximate surface area is 138 Å². The number of nitrogen functional groups attached to an aromatic ring is 1. The maximum Gasteiger partial charge on any atom is 0.139 e. The topological polar surface area (TPSA) is 43.3 Å². The van der Waals surface area contributed by atoms with Gasteiger partial charge in [0.15, 0.2) is 0 Å². The first kappa shape index (κ1) is 13.9. The molecule has 0 saturated heterocycles. The largest absolute Gasteiger partial charge is 0.383 e. The van der Waals surface area contributed by atoms with Crippen LogP contribution in [-0.2, 0) is 0 Å². The first-order valence-electron chi connectivity index (χ1n) is 5.86. The number of aromatic nitrogens is 2. The minimum absolute atomic E-state index is 0.606. The Morgan fingerprint density at radius 2 is 1.95 bits per heavy atom. The molecule has 0 spiro atoms. The number of imidazole rings is 1. The molecule has 0 saturated carbocycles. The van der Waals surface area contributed by atoms with E-state index in [-0.39, 0.29) is 0 Å². The van der Waals surface area contributed by atoms with E-state index in [1.54, 1.807) is 0 Å². The Hall–Kier alpha value is -1.04. The van der Waals surface area contributed by atoms with E-state index in [1.807, 2.05) is 41.8 Å². The van der Waals surface area contributed by atoms with E-state index in [2.05, 4.69) is 36.8 Å². The van der Waals surface area contributed by atoms with Crippen LogP contribution in [0.2, 0.25) is 5.02 Å². The zero-order chi connectivity index (χ0) is 14.4. The third-order valence-electron chi connectivity index (χ3n) is 3.13. The van der Waals surface area contributed by atoms with Crippen molar-refractivity contribution >= 4 is 54.9 Å². The lowest BCUT2D eigenvalue weighted by atomic mass is 10.1. The van der Waals surface area contributed by atoms with E-state index in [4.69, 9.17) is 17.3 Å². The Morgan fingerprint density at radius 3 is 2.65 bits per heavy atom. The third kappa shape index (κ3) is 2.24. The minimum Gasteiger partial charge on any atom is -0.383 e. The maximum atomic E-state index is 6.21. The zero-order valence-corrected chi connectivity index (χ0v) is 14.4. The van der Waals surface area contributed by atoms with Crippen LogP contribution in [0.3, 0.4) is 0 Å². The molecule has 2 aromatic heterocycles. The second-order valence-electron chi connectivity index (χ2n) is 4.51. The van der Waals surface area contributed by atoms with Gasteiger partial charge in [-0.1, -0.05) is 17.7 Å². The minimum atomic E-state index is 0.606. The van der Waals surface area contributed by atoms with Gasteiger partial charge in [-0.05, 0) is 62.5 Å². The smallest absolute Gasteiger partial charge is 0.139 e. The maximum absolute atomic E-state index is 6.21. The van der Waals surface area contributed by atoms with Crippen LogP contribution in [0.1, 0.15) is 5.56 Å². The standard InChI is InChI=1S/C14H10Br2ClN3/c1-7-4-12-19-13(14(18)20(12)6-10(7)16)8-2-3-11(17)9(15)5-8/h2-6H,18H2,1H3. The molecule has 0 radical (unpaired) electrons. The second-order valence-corrected chi connectivity index (χ2v) is 6.62. The molecule has 0 fully saturated rings. The number of aryl methyl sites for hydroxylation is 1. The predicted molar refractivity (Wildman–Crippen MR) is 90.2 cm³/mol. The first-order chi connectivity index (χ1) is 9.47. The summed E-state index contributed by atoms with van der Waals surface area (Å²) in [7, 11) is 0. The summed E-state index contributed by atoms with van der Waals surface area (Å²) >= 11 is 12.9. The molecule has 0 aliphatic rings. The highest BCUT2D eigenvalue weighted by Gasteiger charge is 2.13. The van der Waals surface area contributed by atoms with Gasteiger partial charge >= 0.3 is 0 Å². The molecule has 0 aliphatic heterocycles. The van der Waals surface area contributed by atoms with Gasteiger partial charge in [0.25, 0.3) is 0 Å². The lowest BCUT2D eigenvalue weighted by molar-refractivity contribution is 1.16. The molecule has 0 unspecified atom stereocenters. The normalized spacial score (nSPS) is 11.2. The van der Waals surface area contributed by atoms with Crippen LogP contribution in [0.25, 0.3) is 16.9 Å². The number of nitrogens with two attached hydrogens (primary N) is 1. The Bertz CT molecular complexity index is 827. The number of hydrogen-bond donors (Lipinski definition) is 1. The van der Waals surface area contributed by atoms with Crippen molar-refractivity contribution in [3.8, 4) is 11.3 Å². The molecule has 102 valence electrons. The van der Waals surface area contributed by atoms with E-state index in [1.165, 1.54) is 0 Å². The average Bonchev–Trinajstić information content (AvgIpc) is 2.71. The number of benzene rings is 1. The summed E-state index contributed by atoms with van der Waals surface area (Å²) in [6.45, 7) is 2.02. The quantitative estimate of drug-likeness (QED) is 0.603. The van der Waals surface area contributed by atoms with Gasteiger partial charge in [-0.3, -0.25) is 4.40 Å². The Balaban J connectivity index is 2.26. The molecule has 0 amide bonds. The SMILES string of the molecule is Cc1cc2nc(-c3ccc(Cl)c(Br)c3)c(N)n2cc1Br. The molecule has 3 aromatic rings. The van der Waals surface area contributed by atoms with Crippen LogP contribution in [0.5, 0.6) is 0 Å². The van der Waals surface area contributed by atoms with Crippen molar-refractivity contribution in [1.82, 2.24) is 9.38 Å². The predicted octanol–water partition coefficient (Wildman–Crippen LogP) is 5.07. The lowest BCUT2D eigenvalue weighted by Gasteiger charge is -2.02. The number of fused-ring (bicyclic) bond motifs is 1. The summed E-state index contributed by atoms with van der Waals surface area (Å²) < 4.78 is 3.69. The molecule has 6 heteroatoms. The number of pyridine rings is 1. The van der Waals surface area contributed by atoms with Crippen molar-refractivity contribution < 1.29 is 0 Å². The van der Waals surface area contributed by atoms with E-state index >= 15 is 0 Å². The van der Waals surface area contributed by atoms with Gasteiger partial charge in [0.05, 0.1) is 5.02 Å². The van der Waals surface area contributed by atoms with Crippen LogP contribution >= 0.6 is 43.5 Å². The zero-order valence-electron chi connectivity index (χ0n) is 10.5. The van der Waals surface area contributed by atoms with E-state index in [9.17, 15) is 0 Å². The van der Waals surface area contributed by atoms with E-state index in [0.29, 0.717) is 10.8 Å². The molecule has 2 N–H and O–H groups in total. The van der Waals surface area contributed by atoms with Crippen molar-refractivity contribution in [2.75, 3.05) is 5.73 Å². The fraction of sp³-hybridized carbons (Fsp3) is 0.0714. The molecular formula is C14H10Br2ClN3. The van der Waals surface area contributed by atoms with Crippen molar-refractivity contribution in [1.29, 1.82) is 0 Å². The van der Waals surface area contributed by atoms with Gasteiger partial charge < -0.3 is 5.73 Å². The van der Waals surface area contributed by atoms with Crippen LogP contribution < -0.4 is 5.73 Å². The molecule has 3 nitrogen and oxygen atoms in total. The van der Waals surface area contributed by atoms with Crippen LogP contribution in [0.15, 0.2) is 39.4 Å². The van der Waals surface area contributed by atoms with Crippen molar-refractivity contribution in [3.05, 3.63) is 50.0 Å². The van der Waals surface area contributed by atoms with Gasteiger partial charge in [0.1, 0.15) is 17.2 Å². The van der Waals surface area contributed by atoms with Gasteiger partial charge in [-0.15, -0.1) is 0 Å². The van der Waals surface area contributed by atoms with Crippen molar-refractivity contribution in [2.24, 2.45) is 0 Å².